The molecule has 9 nitrogen and oxygen atoms in total. The molecule has 37 heavy (non-hydrogen) atoms. The van der Waals surface area contributed by atoms with Gasteiger partial charge in [0.15, 0.2) is 0 Å². The maximum absolute atomic E-state index is 13.3. The van der Waals surface area contributed by atoms with E-state index in [2.05, 4.69) is 20.3 Å². The fourth-order valence-corrected chi connectivity index (χ4v) is 4.94. The number of nitrogens with zero attached hydrogens (tertiary/aromatic N) is 5. The number of pyridine rings is 1. The number of hydrogen-bond donors (Lipinski definition) is 0. The van der Waals surface area contributed by atoms with Gasteiger partial charge in [0.05, 0.1) is 33.6 Å². The quantitative estimate of drug-likeness (QED) is 0.295. The largest absolute Gasteiger partial charge is 0.497 e. The van der Waals surface area contributed by atoms with E-state index in [-0.39, 0.29) is 5.56 Å². The zero-order valence-corrected chi connectivity index (χ0v) is 21.9. The summed E-state index contributed by atoms with van der Waals surface area (Å²) in [4.78, 5) is 17.8. The summed E-state index contributed by atoms with van der Waals surface area (Å²) in [5, 5.41) is 14.6. The van der Waals surface area contributed by atoms with Gasteiger partial charge in [-0.1, -0.05) is 12.1 Å². The first-order chi connectivity index (χ1) is 18.0. The fourth-order valence-electron chi connectivity index (χ4n) is 4.23. The van der Waals surface area contributed by atoms with Gasteiger partial charge in [-0.05, 0) is 49.6 Å². The average molecular weight is 520 g/mol. The molecule has 1 fully saturated rings. The van der Waals surface area contributed by atoms with Crippen molar-refractivity contribution in [1.82, 2.24) is 25.0 Å². The molecule has 0 spiro atoms. The number of hydrogen-bond acceptors (Lipinski definition) is 9. The number of ether oxygens (including phenoxy) is 3. The van der Waals surface area contributed by atoms with Crippen LogP contribution in [0.2, 0.25) is 0 Å². The molecule has 1 aromatic carbocycles. The van der Waals surface area contributed by atoms with E-state index in [1.807, 2.05) is 43.3 Å². The van der Waals surface area contributed by atoms with E-state index in [1.54, 1.807) is 37.8 Å². The molecule has 1 saturated carbocycles. The van der Waals surface area contributed by atoms with Crippen molar-refractivity contribution >= 4 is 11.3 Å². The molecule has 0 saturated heterocycles. The average Bonchev–Trinajstić information content (AvgIpc) is 3.59. The highest BCUT2D eigenvalue weighted by atomic mass is 32.1. The highest BCUT2D eigenvalue weighted by Crippen LogP contribution is 2.46. The Balaban J connectivity index is 1.31. The maximum Gasteiger partial charge on any atom is 0.270 e. The molecule has 2 atom stereocenters. The molecule has 0 radical (unpaired) electrons. The third-order valence-electron chi connectivity index (χ3n) is 6.44. The Morgan fingerprint density at radius 3 is 2.49 bits per heavy atom. The highest BCUT2D eigenvalue weighted by molar-refractivity contribution is 7.11. The molecule has 0 amide bonds. The van der Waals surface area contributed by atoms with Gasteiger partial charge in [-0.3, -0.25) is 9.78 Å². The van der Waals surface area contributed by atoms with Crippen molar-refractivity contribution in [2.75, 3.05) is 20.8 Å². The molecule has 0 aliphatic heterocycles. The molecule has 3 heterocycles. The minimum atomic E-state index is -0.129. The molecule has 192 valence electrons. The zero-order chi connectivity index (χ0) is 25.8. The molecule has 0 bridgehead atoms. The van der Waals surface area contributed by atoms with Crippen LogP contribution in [0.1, 0.15) is 39.2 Å². The standard InChI is InChI=1S/C27H29N5O4S/c1-17-29-30-26(37-17)11-6-19-13-25(31-32(27(19)33)15-18-4-7-21(34-2)8-5-18)36-16-20-12-23(20)24-10-9-22(35-3)14-28-24/h4-5,7-10,13-14,20,23H,6,11-12,15-16H2,1-3H3/t20-,23+/m1/s1. The summed E-state index contributed by atoms with van der Waals surface area (Å²) in [5.74, 6) is 2.68. The van der Waals surface area contributed by atoms with Crippen molar-refractivity contribution in [2.45, 2.75) is 38.6 Å². The lowest BCUT2D eigenvalue weighted by Gasteiger charge is -2.12. The van der Waals surface area contributed by atoms with Crippen LogP contribution in [0.3, 0.4) is 0 Å². The minimum absolute atomic E-state index is 0.129. The van der Waals surface area contributed by atoms with Gasteiger partial charge in [0.25, 0.3) is 5.56 Å². The second-order valence-electron chi connectivity index (χ2n) is 9.07. The van der Waals surface area contributed by atoms with Gasteiger partial charge < -0.3 is 14.2 Å². The molecule has 4 aromatic rings. The molecule has 0 N–H and O–H groups in total. The topological polar surface area (TPSA) is 101 Å². The Morgan fingerprint density at radius 2 is 1.81 bits per heavy atom. The number of benzene rings is 1. The van der Waals surface area contributed by atoms with Gasteiger partial charge >= 0.3 is 0 Å². The Labute approximate surface area is 219 Å². The number of aromatic nitrogens is 5. The lowest BCUT2D eigenvalue weighted by Crippen LogP contribution is -2.27. The number of methoxy groups -OCH3 is 2. The van der Waals surface area contributed by atoms with E-state index in [1.165, 1.54) is 4.68 Å². The van der Waals surface area contributed by atoms with E-state index in [0.717, 1.165) is 39.2 Å². The van der Waals surface area contributed by atoms with E-state index in [9.17, 15) is 4.79 Å². The first kappa shape index (κ1) is 24.9. The van der Waals surface area contributed by atoms with Crippen molar-refractivity contribution in [2.24, 2.45) is 5.92 Å². The summed E-state index contributed by atoms with van der Waals surface area (Å²) in [6.07, 6.45) is 3.93. The Hall–Kier alpha value is -3.79. The van der Waals surface area contributed by atoms with Gasteiger partial charge in [-0.2, -0.15) is 0 Å². The molecule has 3 aromatic heterocycles. The fraction of sp³-hybridized carbons (Fsp3) is 0.370. The van der Waals surface area contributed by atoms with Crippen LogP contribution in [0, 0.1) is 12.8 Å². The molecule has 1 aliphatic carbocycles. The zero-order valence-electron chi connectivity index (χ0n) is 21.1. The van der Waals surface area contributed by atoms with E-state index in [0.29, 0.717) is 49.3 Å². The summed E-state index contributed by atoms with van der Waals surface area (Å²) in [6.45, 7) is 2.78. The number of aryl methyl sites for hydroxylation is 3. The van der Waals surface area contributed by atoms with Crippen LogP contribution in [0.4, 0.5) is 0 Å². The van der Waals surface area contributed by atoms with Crippen LogP contribution in [-0.2, 0) is 19.4 Å². The van der Waals surface area contributed by atoms with E-state index >= 15 is 0 Å². The van der Waals surface area contributed by atoms with Crippen molar-refractivity contribution in [3.8, 4) is 17.4 Å². The summed E-state index contributed by atoms with van der Waals surface area (Å²) in [6, 6.07) is 13.3. The maximum atomic E-state index is 13.3. The molecular formula is C27H29N5O4S. The van der Waals surface area contributed by atoms with Gasteiger partial charge in [-0.25, -0.2) is 4.68 Å². The SMILES string of the molecule is COc1ccc(Cn2nc(OC[C@H]3C[C@@H]3c3ccc(OC)cn3)cc(CCc3nnc(C)s3)c2=O)cc1. The van der Waals surface area contributed by atoms with Gasteiger partial charge in [0, 0.05) is 35.6 Å². The van der Waals surface area contributed by atoms with Crippen LogP contribution in [0.25, 0.3) is 0 Å². The van der Waals surface area contributed by atoms with Crippen LogP contribution >= 0.6 is 11.3 Å². The van der Waals surface area contributed by atoms with Crippen LogP contribution in [-0.4, -0.2) is 45.8 Å². The lowest BCUT2D eigenvalue weighted by molar-refractivity contribution is 0.276. The second-order valence-corrected chi connectivity index (χ2v) is 10.3. The summed E-state index contributed by atoms with van der Waals surface area (Å²) >= 11 is 1.55. The molecule has 0 unspecified atom stereocenters. The Morgan fingerprint density at radius 1 is 1.03 bits per heavy atom. The lowest BCUT2D eigenvalue weighted by atomic mass is 10.1. The molecule has 5 rings (SSSR count). The minimum Gasteiger partial charge on any atom is -0.497 e. The van der Waals surface area contributed by atoms with Crippen molar-refractivity contribution < 1.29 is 14.2 Å². The second kappa shape index (κ2) is 11.1. The molecule has 10 heteroatoms. The first-order valence-corrected chi connectivity index (χ1v) is 13.0. The van der Waals surface area contributed by atoms with Gasteiger partial charge in [0.2, 0.25) is 5.88 Å². The van der Waals surface area contributed by atoms with Crippen LogP contribution in [0.5, 0.6) is 17.4 Å². The summed E-state index contributed by atoms with van der Waals surface area (Å²) in [5.41, 5.74) is 2.51. The third-order valence-corrected chi connectivity index (χ3v) is 7.33. The van der Waals surface area contributed by atoms with Crippen molar-refractivity contribution in [1.29, 1.82) is 0 Å². The van der Waals surface area contributed by atoms with E-state index in [4.69, 9.17) is 14.2 Å². The predicted octanol–water partition coefficient (Wildman–Crippen LogP) is 3.83. The summed E-state index contributed by atoms with van der Waals surface area (Å²) in [7, 11) is 3.26. The first-order valence-electron chi connectivity index (χ1n) is 12.2. The molecular weight excluding hydrogens is 490 g/mol. The van der Waals surface area contributed by atoms with Crippen LogP contribution < -0.4 is 19.8 Å². The van der Waals surface area contributed by atoms with Crippen molar-refractivity contribution in [3.05, 3.63) is 85.9 Å². The normalized spacial score (nSPS) is 16.4. The Bertz CT molecular complexity index is 1400. The third kappa shape index (κ3) is 6.14. The van der Waals surface area contributed by atoms with E-state index < -0.39 is 0 Å². The predicted molar refractivity (Wildman–Crippen MR) is 140 cm³/mol. The van der Waals surface area contributed by atoms with Gasteiger partial charge in [-0.15, -0.1) is 26.6 Å². The van der Waals surface area contributed by atoms with Crippen LogP contribution in [0.15, 0.2) is 53.5 Å². The monoisotopic (exact) mass is 519 g/mol. The highest BCUT2D eigenvalue weighted by Gasteiger charge is 2.40. The van der Waals surface area contributed by atoms with Crippen molar-refractivity contribution in [3.63, 3.8) is 0 Å². The summed E-state index contributed by atoms with van der Waals surface area (Å²) < 4.78 is 18.0. The number of rotatable bonds is 11. The Kier molecular flexibility index (Phi) is 7.45. The molecule has 1 aliphatic rings. The smallest absolute Gasteiger partial charge is 0.270 e. The van der Waals surface area contributed by atoms with Gasteiger partial charge in [0.1, 0.15) is 21.5 Å².